The van der Waals surface area contributed by atoms with Crippen LogP contribution in [0.1, 0.15) is 5.82 Å². The number of cyclic esters (lactones) is 1. The Bertz CT molecular complexity index is 340. The number of aryl methyl sites for hydroxylation is 1. The van der Waals surface area contributed by atoms with Crippen molar-refractivity contribution in [3.63, 3.8) is 0 Å². The molecular formula is C8H9N3O2. The number of anilines is 1. The number of aromatic nitrogens is 2. The summed E-state index contributed by atoms with van der Waals surface area (Å²) >= 11 is 0. The minimum atomic E-state index is -0.335. The Morgan fingerprint density at radius 3 is 3.08 bits per heavy atom. The van der Waals surface area contributed by atoms with Crippen molar-refractivity contribution in [1.82, 2.24) is 9.97 Å². The van der Waals surface area contributed by atoms with E-state index in [1.165, 1.54) is 4.90 Å². The third-order valence-electron chi connectivity index (χ3n) is 1.80. The van der Waals surface area contributed by atoms with Crippen molar-refractivity contribution in [3.05, 3.63) is 18.1 Å². The number of ether oxygens (including phenoxy) is 1. The average molecular weight is 179 g/mol. The molecule has 13 heavy (non-hydrogen) atoms. The predicted octanol–water partition coefficient (Wildman–Crippen LogP) is 0.742. The summed E-state index contributed by atoms with van der Waals surface area (Å²) in [7, 11) is 0. The number of carbonyl (C=O) groups excluding carboxylic acids is 1. The highest BCUT2D eigenvalue weighted by Crippen LogP contribution is 2.14. The molecule has 5 nitrogen and oxygen atoms in total. The van der Waals surface area contributed by atoms with Gasteiger partial charge in [-0.3, -0.25) is 4.90 Å². The molecule has 0 atom stereocenters. The summed E-state index contributed by atoms with van der Waals surface area (Å²) in [6.07, 6.45) is 1.29. The summed E-state index contributed by atoms with van der Waals surface area (Å²) in [5, 5.41) is 0. The largest absolute Gasteiger partial charge is 0.447 e. The van der Waals surface area contributed by atoms with Crippen LogP contribution < -0.4 is 4.90 Å². The summed E-state index contributed by atoms with van der Waals surface area (Å²) in [5.74, 6) is 1.26. The average Bonchev–Trinajstić information content (AvgIpc) is 2.51. The number of amides is 1. The maximum absolute atomic E-state index is 11.1. The predicted molar refractivity (Wildman–Crippen MR) is 45.5 cm³/mol. The van der Waals surface area contributed by atoms with Gasteiger partial charge in [0.25, 0.3) is 0 Å². The highest BCUT2D eigenvalue weighted by atomic mass is 16.6. The fraction of sp³-hybridized carbons (Fsp3) is 0.375. The Balaban J connectivity index is 2.29. The zero-order valence-corrected chi connectivity index (χ0v) is 7.23. The van der Waals surface area contributed by atoms with Crippen LogP contribution in [0.2, 0.25) is 0 Å². The topological polar surface area (TPSA) is 55.3 Å². The van der Waals surface area contributed by atoms with Crippen molar-refractivity contribution in [2.75, 3.05) is 18.1 Å². The van der Waals surface area contributed by atoms with Gasteiger partial charge in [0.2, 0.25) is 0 Å². The molecule has 68 valence electrons. The molecule has 0 unspecified atom stereocenters. The maximum atomic E-state index is 11.1. The molecule has 5 heteroatoms. The lowest BCUT2D eigenvalue weighted by Crippen LogP contribution is -2.24. The molecule has 1 aliphatic heterocycles. The van der Waals surface area contributed by atoms with E-state index in [0.717, 1.165) is 0 Å². The van der Waals surface area contributed by atoms with Crippen LogP contribution in [0.4, 0.5) is 10.6 Å². The van der Waals surface area contributed by atoms with Gasteiger partial charge in [-0.05, 0) is 13.0 Å². The van der Waals surface area contributed by atoms with Gasteiger partial charge in [-0.25, -0.2) is 14.8 Å². The van der Waals surface area contributed by atoms with Gasteiger partial charge in [0.05, 0.1) is 6.54 Å². The molecule has 2 heterocycles. The van der Waals surface area contributed by atoms with Gasteiger partial charge in [0, 0.05) is 6.20 Å². The molecule has 2 rings (SSSR count). The standard InChI is InChI=1S/C8H9N3O2/c1-6-9-3-2-7(10-6)11-4-5-13-8(11)12/h2-3H,4-5H2,1H3. The first-order chi connectivity index (χ1) is 6.27. The summed E-state index contributed by atoms with van der Waals surface area (Å²) in [6.45, 7) is 2.78. The molecule has 0 spiro atoms. The molecule has 1 fully saturated rings. The molecule has 1 amide bonds. The van der Waals surface area contributed by atoms with Gasteiger partial charge >= 0.3 is 6.09 Å². The van der Waals surface area contributed by atoms with Gasteiger partial charge in [-0.15, -0.1) is 0 Å². The number of nitrogens with zero attached hydrogens (tertiary/aromatic N) is 3. The van der Waals surface area contributed by atoms with Crippen molar-refractivity contribution < 1.29 is 9.53 Å². The lowest BCUT2D eigenvalue weighted by Gasteiger charge is -2.10. The van der Waals surface area contributed by atoms with Crippen molar-refractivity contribution in [3.8, 4) is 0 Å². The molecular weight excluding hydrogens is 170 g/mol. The van der Waals surface area contributed by atoms with Gasteiger partial charge in [0.1, 0.15) is 18.2 Å². The molecule has 1 aliphatic rings. The number of rotatable bonds is 1. The van der Waals surface area contributed by atoms with E-state index in [0.29, 0.717) is 24.8 Å². The van der Waals surface area contributed by atoms with Crippen LogP contribution in [0.3, 0.4) is 0 Å². The minimum absolute atomic E-state index is 0.335. The first-order valence-electron chi connectivity index (χ1n) is 4.01. The Kier molecular flexibility index (Phi) is 1.84. The van der Waals surface area contributed by atoms with E-state index in [9.17, 15) is 4.79 Å². The highest BCUT2D eigenvalue weighted by Gasteiger charge is 2.24. The Morgan fingerprint density at radius 2 is 2.46 bits per heavy atom. The fourth-order valence-electron chi connectivity index (χ4n) is 1.20. The second-order valence-electron chi connectivity index (χ2n) is 2.73. The van der Waals surface area contributed by atoms with Crippen molar-refractivity contribution in [2.45, 2.75) is 6.92 Å². The number of hydrogen-bond donors (Lipinski definition) is 0. The summed E-state index contributed by atoms with van der Waals surface area (Å²) in [6, 6.07) is 1.69. The second kappa shape index (κ2) is 3.01. The molecule has 1 saturated heterocycles. The van der Waals surface area contributed by atoms with Gasteiger partial charge in [0.15, 0.2) is 0 Å². The normalized spacial score (nSPS) is 16.1. The second-order valence-corrected chi connectivity index (χ2v) is 2.73. The summed E-state index contributed by atoms with van der Waals surface area (Å²) in [4.78, 5) is 20.7. The quantitative estimate of drug-likeness (QED) is 0.638. The van der Waals surface area contributed by atoms with E-state index < -0.39 is 0 Å². The Hall–Kier alpha value is -1.65. The molecule has 0 bridgehead atoms. The lowest BCUT2D eigenvalue weighted by atomic mass is 10.5. The van der Waals surface area contributed by atoms with Crippen LogP contribution in [0.25, 0.3) is 0 Å². The SMILES string of the molecule is Cc1nccc(N2CCOC2=O)n1. The smallest absolute Gasteiger partial charge is 0.415 e. The van der Waals surface area contributed by atoms with E-state index in [1.54, 1.807) is 19.2 Å². The molecule has 0 aromatic carbocycles. The number of hydrogen-bond acceptors (Lipinski definition) is 4. The molecule has 0 aliphatic carbocycles. The van der Waals surface area contributed by atoms with E-state index in [-0.39, 0.29) is 6.09 Å². The minimum Gasteiger partial charge on any atom is -0.447 e. The molecule has 0 saturated carbocycles. The van der Waals surface area contributed by atoms with Crippen LogP contribution in [0.15, 0.2) is 12.3 Å². The fourth-order valence-corrected chi connectivity index (χ4v) is 1.20. The third-order valence-corrected chi connectivity index (χ3v) is 1.80. The van der Waals surface area contributed by atoms with Crippen molar-refractivity contribution >= 4 is 11.9 Å². The van der Waals surface area contributed by atoms with Crippen LogP contribution in [0, 0.1) is 6.92 Å². The van der Waals surface area contributed by atoms with E-state index >= 15 is 0 Å². The molecule has 0 radical (unpaired) electrons. The monoisotopic (exact) mass is 179 g/mol. The Morgan fingerprint density at radius 1 is 1.62 bits per heavy atom. The van der Waals surface area contributed by atoms with E-state index in [1.807, 2.05) is 0 Å². The van der Waals surface area contributed by atoms with Crippen molar-refractivity contribution in [2.24, 2.45) is 0 Å². The van der Waals surface area contributed by atoms with Crippen LogP contribution in [-0.2, 0) is 4.74 Å². The molecule has 1 aromatic rings. The highest BCUT2D eigenvalue weighted by molar-refractivity contribution is 5.87. The first kappa shape index (κ1) is 7.97. The zero-order valence-electron chi connectivity index (χ0n) is 7.23. The van der Waals surface area contributed by atoms with Gasteiger partial charge < -0.3 is 4.74 Å². The van der Waals surface area contributed by atoms with Crippen LogP contribution >= 0.6 is 0 Å². The van der Waals surface area contributed by atoms with Crippen molar-refractivity contribution in [1.29, 1.82) is 0 Å². The molecule has 1 aromatic heterocycles. The third kappa shape index (κ3) is 1.44. The van der Waals surface area contributed by atoms with Gasteiger partial charge in [-0.1, -0.05) is 0 Å². The lowest BCUT2D eigenvalue weighted by molar-refractivity contribution is 0.181. The Labute approximate surface area is 75.4 Å². The maximum Gasteiger partial charge on any atom is 0.415 e. The van der Waals surface area contributed by atoms with E-state index in [2.05, 4.69) is 9.97 Å². The first-order valence-corrected chi connectivity index (χ1v) is 4.01. The van der Waals surface area contributed by atoms with Gasteiger partial charge in [-0.2, -0.15) is 0 Å². The van der Waals surface area contributed by atoms with Crippen LogP contribution in [-0.4, -0.2) is 29.2 Å². The van der Waals surface area contributed by atoms with Crippen LogP contribution in [0.5, 0.6) is 0 Å². The summed E-state index contributed by atoms with van der Waals surface area (Å²) < 4.78 is 4.79. The summed E-state index contributed by atoms with van der Waals surface area (Å²) in [5.41, 5.74) is 0. The zero-order chi connectivity index (χ0) is 9.26. The number of carbonyl (C=O) groups is 1. The van der Waals surface area contributed by atoms with E-state index in [4.69, 9.17) is 4.74 Å². The molecule has 0 N–H and O–H groups in total.